The van der Waals surface area contributed by atoms with Gasteiger partial charge in [-0.1, -0.05) is 17.7 Å². The predicted octanol–water partition coefficient (Wildman–Crippen LogP) is 4.28. The molecule has 0 aliphatic carbocycles. The third-order valence-corrected chi connectivity index (χ3v) is 3.46. The van der Waals surface area contributed by atoms with E-state index in [1.807, 2.05) is 36.0 Å². The van der Waals surface area contributed by atoms with Crippen LogP contribution in [0.5, 0.6) is 0 Å². The summed E-state index contributed by atoms with van der Waals surface area (Å²) in [5, 5.41) is 6.21. The van der Waals surface area contributed by atoms with Crippen molar-refractivity contribution in [3.05, 3.63) is 45.4 Å². The minimum Gasteiger partial charge on any atom is -0.377 e. The van der Waals surface area contributed by atoms with Gasteiger partial charge in [0.2, 0.25) is 0 Å². The molecule has 1 aromatic carbocycles. The molecule has 16 heavy (non-hydrogen) atoms. The van der Waals surface area contributed by atoms with E-state index in [9.17, 15) is 0 Å². The highest BCUT2D eigenvalue weighted by Gasteiger charge is 2.07. The van der Waals surface area contributed by atoms with Crippen LogP contribution in [0.25, 0.3) is 0 Å². The zero-order valence-corrected chi connectivity index (χ0v) is 10.8. The fraction of sp³-hybridized carbons (Fsp3) is 0.250. The molecule has 0 bridgehead atoms. The van der Waals surface area contributed by atoms with Gasteiger partial charge in [-0.3, -0.25) is 0 Å². The van der Waals surface area contributed by atoms with E-state index in [4.69, 9.17) is 11.6 Å². The van der Waals surface area contributed by atoms with Crippen molar-refractivity contribution in [2.24, 2.45) is 0 Å². The van der Waals surface area contributed by atoms with Crippen LogP contribution in [0.1, 0.15) is 24.2 Å². The normalized spacial score (nSPS) is 12.4. The molecular weight excluding hydrogens is 240 g/mol. The summed E-state index contributed by atoms with van der Waals surface area (Å²) in [6, 6.07) is 6.19. The van der Waals surface area contributed by atoms with Crippen molar-refractivity contribution in [1.82, 2.24) is 4.98 Å². The highest BCUT2D eigenvalue weighted by atomic mass is 35.5. The molecule has 1 heterocycles. The van der Waals surface area contributed by atoms with Crippen LogP contribution in [0.2, 0.25) is 5.02 Å². The van der Waals surface area contributed by atoms with Crippen molar-refractivity contribution in [3.63, 3.8) is 0 Å². The Labute approximate surface area is 104 Å². The largest absolute Gasteiger partial charge is 0.377 e. The van der Waals surface area contributed by atoms with E-state index in [-0.39, 0.29) is 6.04 Å². The molecule has 0 amide bonds. The molecule has 4 heteroatoms. The second-order valence-electron chi connectivity index (χ2n) is 3.74. The van der Waals surface area contributed by atoms with Crippen LogP contribution in [-0.2, 0) is 0 Å². The van der Waals surface area contributed by atoms with Crippen molar-refractivity contribution in [2.45, 2.75) is 19.9 Å². The molecule has 0 fully saturated rings. The van der Waals surface area contributed by atoms with Crippen molar-refractivity contribution in [2.75, 3.05) is 5.32 Å². The van der Waals surface area contributed by atoms with Crippen LogP contribution in [0, 0.1) is 6.92 Å². The van der Waals surface area contributed by atoms with Crippen molar-refractivity contribution in [3.8, 4) is 0 Å². The van der Waals surface area contributed by atoms with Gasteiger partial charge in [-0.05, 0) is 31.5 Å². The van der Waals surface area contributed by atoms with E-state index >= 15 is 0 Å². The average molecular weight is 253 g/mol. The van der Waals surface area contributed by atoms with Gasteiger partial charge >= 0.3 is 0 Å². The van der Waals surface area contributed by atoms with Gasteiger partial charge in [0, 0.05) is 16.1 Å². The number of hydrogen-bond donors (Lipinski definition) is 1. The molecule has 84 valence electrons. The lowest BCUT2D eigenvalue weighted by Gasteiger charge is -2.13. The lowest BCUT2D eigenvalue weighted by Crippen LogP contribution is -2.06. The Bertz CT molecular complexity index is 468. The summed E-state index contributed by atoms with van der Waals surface area (Å²) < 4.78 is 0. The van der Waals surface area contributed by atoms with E-state index in [0.29, 0.717) is 0 Å². The maximum Gasteiger partial charge on any atom is 0.0795 e. The Kier molecular flexibility index (Phi) is 3.46. The van der Waals surface area contributed by atoms with Gasteiger partial charge in [0.05, 0.1) is 17.2 Å². The lowest BCUT2D eigenvalue weighted by molar-refractivity contribution is 0.850. The van der Waals surface area contributed by atoms with Gasteiger partial charge in [-0.2, -0.15) is 0 Å². The fourth-order valence-electron chi connectivity index (χ4n) is 1.44. The van der Waals surface area contributed by atoms with Gasteiger partial charge in [0.25, 0.3) is 0 Å². The zero-order chi connectivity index (χ0) is 11.5. The van der Waals surface area contributed by atoms with E-state index in [2.05, 4.69) is 17.2 Å². The van der Waals surface area contributed by atoms with Gasteiger partial charge in [-0.15, -0.1) is 11.3 Å². The SMILES string of the molecule is Cc1ccc(NC(C)c2cscn2)cc1Cl. The molecular formula is C12H13ClN2S. The molecule has 0 saturated carbocycles. The first-order valence-corrected chi connectivity index (χ1v) is 6.39. The Morgan fingerprint density at radius 1 is 1.44 bits per heavy atom. The molecule has 2 aromatic rings. The number of nitrogens with one attached hydrogen (secondary N) is 1. The second-order valence-corrected chi connectivity index (χ2v) is 4.87. The lowest BCUT2D eigenvalue weighted by atomic mass is 10.2. The number of hydrogen-bond acceptors (Lipinski definition) is 3. The summed E-state index contributed by atoms with van der Waals surface area (Å²) in [5.41, 5.74) is 5.02. The van der Waals surface area contributed by atoms with Gasteiger partial charge in [-0.25, -0.2) is 4.98 Å². The highest BCUT2D eigenvalue weighted by Crippen LogP contribution is 2.23. The van der Waals surface area contributed by atoms with Crippen molar-refractivity contribution in [1.29, 1.82) is 0 Å². The van der Waals surface area contributed by atoms with Gasteiger partial charge < -0.3 is 5.32 Å². The smallest absolute Gasteiger partial charge is 0.0795 e. The molecule has 1 unspecified atom stereocenters. The Morgan fingerprint density at radius 3 is 2.88 bits per heavy atom. The van der Waals surface area contributed by atoms with E-state index in [1.54, 1.807) is 11.3 Å². The molecule has 0 aliphatic rings. The van der Waals surface area contributed by atoms with Crippen molar-refractivity contribution < 1.29 is 0 Å². The van der Waals surface area contributed by atoms with Crippen LogP contribution in [0.3, 0.4) is 0 Å². The minimum atomic E-state index is 0.199. The summed E-state index contributed by atoms with van der Waals surface area (Å²) in [6.07, 6.45) is 0. The fourth-order valence-corrected chi connectivity index (χ4v) is 2.27. The molecule has 2 rings (SSSR count). The standard InChI is InChI=1S/C12H13ClN2S/c1-8-3-4-10(5-11(8)13)15-9(2)12-6-16-7-14-12/h3-7,9,15H,1-2H3. The summed E-state index contributed by atoms with van der Waals surface area (Å²) >= 11 is 7.68. The third-order valence-electron chi connectivity index (χ3n) is 2.45. The van der Waals surface area contributed by atoms with Gasteiger partial charge in [0.15, 0.2) is 0 Å². The van der Waals surface area contributed by atoms with Crippen LogP contribution in [-0.4, -0.2) is 4.98 Å². The quantitative estimate of drug-likeness (QED) is 0.882. The number of rotatable bonds is 3. The van der Waals surface area contributed by atoms with E-state index in [1.165, 1.54) is 0 Å². The summed E-state index contributed by atoms with van der Waals surface area (Å²) in [4.78, 5) is 4.28. The van der Waals surface area contributed by atoms with Crippen LogP contribution in [0.15, 0.2) is 29.1 Å². The number of anilines is 1. The number of thiazole rings is 1. The van der Waals surface area contributed by atoms with Crippen molar-refractivity contribution >= 4 is 28.6 Å². The summed E-state index contributed by atoms with van der Waals surface area (Å²) in [6.45, 7) is 4.08. The molecule has 0 radical (unpaired) electrons. The number of nitrogens with zero attached hydrogens (tertiary/aromatic N) is 1. The predicted molar refractivity (Wildman–Crippen MR) is 70.3 cm³/mol. The average Bonchev–Trinajstić information content (AvgIpc) is 2.77. The zero-order valence-electron chi connectivity index (χ0n) is 9.20. The molecule has 1 N–H and O–H groups in total. The molecule has 0 spiro atoms. The van der Waals surface area contributed by atoms with E-state index < -0.39 is 0 Å². The number of aryl methyl sites for hydroxylation is 1. The first kappa shape index (κ1) is 11.4. The molecule has 1 atom stereocenters. The number of aromatic nitrogens is 1. The number of benzene rings is 1. The van der Waals surface area contributed by atoms with Crippen LogP contribution < -0.4 is 5.32 Å². The summed E-state index contributed by atoms with van der Waals surface area (Å²) in [7, 11) is 0. The maximum atomic E-state index is 6.07. The van der Waals surface area contributed by atoms with E-state index in [0.717, 1.165) is 22.0 Å². The maximum absolute atomic E-state index is 6.07. The monoisotopic (exact) mass is 252 g/mol. The minimum absolute atomic E-state index is 0.199. The van der Waals surface area contributed by atoms with Crippen LogP contribution >= 0.6 is 22.9 Å². The van der Waals surface area contributed by atoms with Gasteiger partial charge in [0.1, 0.15) is 0 Å². The summed E-state index contributed by atoms with van der Waals surface area (Å²) in [5.74, 6) is 0. The molecule has 0 saturated heterocycles. The van der Waals surface area contributed by atoms with Crippen LogP contribution in [0.4, 0.5) is 5.69 Å². The first-order chi connectivity index (χ1) is 7.66. The topological polar surface area (TPSA) is 24.9 Å². The number of halogens is 1. The Morgan fingerprint density at radius 2 is 2.25 bits per heavy atom. The highest BCUT2D eigenvalue weighted by molar-refractivity contribution is 7.07. The molecule has 2 nitrogen and oxygen atoms in total. The Hall–Kier alpha value is -1.06. The first-order valence-electron chi connectivity index (χ1n) is 5.07. The second kappa shape index (κ2) is 4.85. The molecule has 1 aromatic heterocycles. The molecule has 0 aliphatic heterocycles. The third kappa shape index (κ3) is 2.54. The Balaban J connectivity index is 2.12.